The van der Waals surface area contributed by atoms with Gasteiger partial charge in [0.1, 0.15) is 0 Å². The number of ether oxygens (including phenoxy) is 2. The largest absolute Gasteiger partial charge is 0.454 e. The number of hydrogen-bond acceptors (Lipinski definition) is 6. The molecule has 0 fully saturated rings. The van der Waals surface area contributed by atoms with Crippen LogP contribution in [0.5, 0.6) is 11.5 Å². The van der Waals surface area contributed by atoms with Gasteiger partial charge in [0.05, 0.1) is 22.3 Å². The van der Waals surface area contributed by atoms with E-state index in [0.717, 1.165) is 0 Å². The highest BCUT2D eigenvalue weighted by atomic mass is 35.5. The van der Waals surface area contributed by atoms with Crippen LogP contribution in [0.15, 0.2) is 65.8 Å². The number of fused-ring (bicyclic) bond motifs is 1. The summed E-state index contributed by atoms with van der Waals surface area (Å²) in [5, 5.41) is 3.13. The van der Waals surface area contributed by atoms with Crippen LogP contribution in [0.25, 0.3) is 0 Å². The van der Waals surface area contributed by atoms with E-state index in [1.54, 1.807) is 18.2 Å². The monoisotopic (exact) mass is 431 g/mol. The highest BCUT2D eigenvalue weighted by Gasteiger charge is 2.17. The topological polar surface area (TPSA) is 107 Å². The molecule has 0 unspecified atom stereocenters. The lowest BCUT2D eigenvalue weighted by atomic mass is 10.2. The lowest BCUT2D eigenvalue weighted by Crippen LogP contribution is -2.15. The van der Waals surface area contributed by atoms with Crippen molar-refractivity contribution < 1.29 is 22.7 Å². The van der Waals surface area contributed by atoms with E-state index in [1.165, 1.54) is 42.7 Å². The Kier molecular flexibility index (Phi) is 4.99. The van der Waals surface area contributed by atoms with Crippen LogP contribution in [0.1, 0.15) is 10.4 Å². The number of amides is 1. The lowest BCUT2D eigenvalue weighted by Gasteiger charge is -2.10. The van der Waals surface area contributed by atoms with Crippen molar-refractivity contribution in [1.29, 1.82) is 0 Å². The quantitative estimate of drug-likeness (QED) is 0.640. The summed E-state index contributed by atoms with van der Waals surface area (Å²) >= 11 is 5.79. The predicted octanol–water partition coefficient (Wildman–Crippen LogP) is 3.52. The molecule has 2 heterocycles. The van der Waals surface area contributed by atoms with Gasteiger partial charge in [0.2, 0.25) is 6.79 Å². The van der Waals surface area contributed by atoms with Crippen molar-refractivity contribution in [1.82, 2.24) is 4.98 Å². The van der Waals surface area contributed by atoms with Crippen LogP contribution < -0.4 is 19.5 Å². The van der Waals surface area contributed by atoms with Crippen molar-refractivity contribution in [2.24, 2.45) is 0 Å². The molecule has 1 aliphatic heterocycles. The number of halogens is 1. The predicted molar refractivity (Wildman–Crippen MR) is 107 cm³/mol. The van der Waals surface area contributed by atoms with Gasteiger partial charge in [-0.05, 0) is 42.5 Å². The van der Waals surface area contributed by atoms with Gasteiger partial charge in [-0.2, -0.15) is 0 Å². The van der Waals surface area contributed by atoms with Crippen molar-refractivity contribution >= 4 is 38.9 Å². The average molecular weight is 432 g/mol. The molecule has 2 aromatic carbocycles. The molecule has 29 heavy (non-hydrogen) atoms. The van der Waals surface area contributed by atoms with Crippen LogP contribution in [0, 0.1) is 0 Å². The van der Waals surface area contributed by atoms with E-state index in [2.05, 4.69) is 15.0 Å². The molecular formula is C19H14ClN3O5S. The number of hydrogen-bond donors (Lipinski definition) is 2. The second-order valence-corrected chi connectivity index (χ2v) is 8.16. The standard InChI is InChI=1S/C19H14ClN3O5S/c20-13-1-4-16(5-2-13)29(25,26)23-15-7-12(9-21-10-15)19(24)22-14-3-6-17-18(8-14)28-11-27-17/h1-10,23H,11H2,(H,22,24). The van der Waals surface area contributed by atoms with E-state index in [1.807, 2.05) is 0 Å². The minimum Gasteiger partial charge on any atom is -0.454 e. The lowest BCUT2D eigenvalue weighted by molar-refractivity contribution is 0.102. The van der Waals surface area contributed by atoms with E-state index in [4.69, 9.17) is 21.1 Å². The molecule has 0 radical (unpaired) electrons. The van der Waals surface area contributed by atoms with Gasteiger partial charge < -0.3 is 14.8 Å². The van der Waals surface area contributed by atoms with Crippen molar-refractivity contribution in [3.63, 3.8) is 0 Å². The molecule has 1 aromatic heterocycles. The van der Waals surface area contributed by atoms with Crippen LogP contribution in [-0.4, -0.2) is 26.1 Å². The first-order valence-corrected chi connectivity index (χ1v) is 10.2. The molecule has 0 atom stereocenters. The van der Waals surface area contributed by atoms with Gasteiger partial charge in [0, 0.05) is 23.0 Å². The highest BCUT2D eigenvalue weighted by Crippen LogP contribution is 2.34. The van der Waals surface area contributed by atoms with E-state index >= 15 is 0 Å². The third-order valence-electron chi connectivity index (χ3n) is 4.01. The summed E-state index contributed by atoms with van der Waals surface area (Å²) in [6.07, 6.45) is 2.65. The van der Waals surface area contributed by atoms with Gasteiger partial charge in [0.15, 0.2) is 11.5 Å². The minimum absolute atomic E-state index is 0.0390. The number of anilines is 2. The van der Waals surface area contributed by atoms with Gasteiger partial charge in [0.25, 0.3) is 15.9 Å². The molecule has 1 amide bonds. The zero-order valence-corrected chi connectivity index (χ0v) is 16.3. The number of nitrogens with one attached hydrogen (secondary N) is 2. The number of pyridine rings is 1. The third kappa shape index (κ3) is 4.25. The van der Waals surface area contributed by atoms with E-state index in [0.29, 0.717) is 22.2 Å². The maximum atomic E-state index is 12.5. The van der Waals surface area contributed by atoms with Crippen molar-refractivity contribution in [3.05, 3.63) is 71.5 Å². The zero-order chi connectivity index (χ0) is 20.4. The fraction of sp³-hybridized carbons (Fsp3) is 0.0526. The van der Waals surface area contributed by atoms with Crippen LogP contribution in [0.3, 0.4) is 0 Å². The van der Waals surface area contributed by atoms with Crippen LogP contribution in [0.2, 0.25) is 5.02 Å². The van der Waals surface area contributed by atoms with Crippen molar-refractivity contribution in [3.8, 4) is 11.5 Å². The van der Waals surface area contributed by atoms with Crippen LogP contribution in [-0.2, 0) is 10.0 Å². The molecule has 0 bridgehead atoms. The summed E-state index contributed by atoms with van der Waals surface area (Å²) in [4.78, 5) is 16.5. The van der Waals surface area contributed by atoms with Crippen LogP contribution >= 0.6 is 11.6 Å². The third-order valence-corrected chi connectivity index (χ3v) is 5.66. The Morgan fingerprint density at radius 3 is 2.52 bits per heavy atom. The SMILES string of the molecule is O=C(Nc1ccc2c(c1)OCO2)c1cncc(NS(=O)(=O)c2ccc(Cl)cc2)c1. The number of carbonyl (C=O) groups is 1. The number of aromatic nitrogens is 1. The Bertz CT molecular complexity index is 1180. The number of carbonyl (C=O) groups excluding carboxylic acids is 1. The number of nitrogens with zero attached hydrogens (tertiary/aromatic N) is 1. The summed E-state index contributed by atoms with van der Waals surface area (Å²) in [7, 11) is -3.85. The molecule has 0 saturated carbocycles. The smallest absolute Gasteiger partial charge is 0.261 e. The summed E-state index contributed by atoms with van der Waals surface area (Å²) in [6.45, 7) is 0.131. The Morgan fingerprint density at radius 2 is 1.72 bits per heavy atom. The zero-order valence-electron chi connectivity index (χ0n) is 14.8. The van der Waals surface area contributed by atoms with E-state index in [-0.39, 0.29) is 22.9 Å². The molecule has 148 valence electrons. The maximum Gasteiger partial charge on any atom is 0.261 e. The van der Waals surface area contributed by atoms with Gasteiger partial charge >= 0.3 is 0 Å². The molecule has 10 heteroatoms. The summed E-state index contributed by atoms with van der Waals surface area (Å²) < 4.78 is 37.9. The number of sulfonamides is 1. The Hall–Kier alpha value is -3.30. The fourth-order valence-electron chi connectivity index (χ4n) is 2.63. The van der Waals surface area contributed by atoms with Crippen molar-refractivity contribution in [2.45, 2.75) is 4.90 Å². The molecule has 8 nitrogen and oxygen atoms in total. The van der Waals surface area contributed by atoms with E-state index < -0.39 is 15.9 Å². The second kappa shape index (κ2) is 7.61. The molecule has 2 N–H and O–H groups in total. The molecule has 0 spiro atoms. The van der Waals surface area contributed by atoms with Gasteiger partial charge in [-0.25, -0.2) is 8.42 Å². The highest BCUT2D eigenvalue weighted by molar-refractivity contribution is 7.92. The summed E-state index contributed by atoms with van der Waals surface area (Å²) in [5.41, 5.74) is 0.837. The van der Waals surface area contributed by atoms with E-state index in [9.17, 15) is 13.2 Å². The molecule has 3 aromatic rings. The average Bonchev–Trinajstić information content (AvgIpc) is 3.16. The Labute approximate surface area is 171 Å². The molecule has 0 saturated heterocycles. The normalized spacial score (nSPS) is 12.4. The Balaban J connectivity index is 1.51. The van der Waals surface area contributed by atoms with Gasteiger partial charge in [-0.1, -0.05) is 11.6 Å². The van der Waals surface area contributed by atoms with Crippen molar-refractivity contribution in [2.75, 3.05) is 16.8 Å². The molecule has 0 aliphatic carbocycles. The van der Waals surface area contributed by atoms with Gasteiger partial charge in [-0.15, -0.1) is 0 Å². The Morgan fingerprint density at radius 1 is 0.966 bits per heavy atom. The summed E-state index contributed by atoms with van der Waals surface area (Å²) in [6, 6.07) is 12.1. The molecular weight excluding hydrogens is 418 g/mol. The van der Waals surface area contributed by atoms with Crippen LogP contribution in [0.4, 0.5) is 11.4 Å². The molecule has 1 aliphatic rings. The first-order chi connectivity index (χ1) is 13.9. The first-order valence-electron chi connectivity index (χ1n) is 8.35. The fourth-order valence-corrected chi connectivity index (χ4v) is 3.79. The molecule has 4 rings (SSSR count). The number of benzene rings is 2. The second-order valence-electron chi connectivity index (χ2n) is 6.04. The number of rotatable bonds is 5. The maximum absolute atomic E-state index is 12.5. The summed E-state index contributed by atoms with van der Waals surface area (Å²) in [5.74, 6) is 0.678. The first kappa shape index (κ1) is 19.0. The van der Waals surface area contributed by atoms with Gasteiger partial charge in [-0.3, -0.25) is 14.5 Å². The minimum atomic E-state index is -3.85.